The molecule has 0 spiro atoms. The molecular formula is C26H42N2O9. The van der Waals surface area contributed by atoms with E-state index >= 15 is 0 Å². The van der Waals surface area contributed by atoms with Crippen molar-refractivity contribution in [1.29, 1.82) is 0 Å². The molecule has 0 saturated heterocycles. The summed E-state index contributed by atoms with van der Waals surface area (Å²) in [7, 11) is 0. The van der Waals surface area contributed by atoms with Crippen LogP contribution in [0.15, 0.2) is 12.2 Å². The summed E-state index contributed by atoms with van der Waals surface area (Å²) >= 11 is 0. The number of nitrogens with zero attached hydrogens (tertiary/aromatic N) is 2. The summed E-state index contributed by atoms with van der Waals surface area (Å²) < 4.78 is 21.2. The molecule has 11 heteroatoms. The molecule has 3 amide bonds. The Bertz CT molecular complexity index is 771. The molecule has 0 aliphatic carbocycles. The highest BCUT2D eigenvalue weighted by molar-refractivity contribution is 6.12. The third-order valence-corrected chi connectivity index (χ3v) is 4.82. The van der Waals surface area contributed by atoms with Crippen LogP contribution in [0.1, 0.15) is 67.2 Å². The fraction of sp³-hybridized carbons (Fsp3) is 0.731. The number of carbonyl (C=O) groups is 5. The van der Waals surface area contributed by atoms with Crippen LogP contribution in [0.25, 0.3) is 0 Å². The van der Waals surface area contributed by atoms with E-state index in [-0.39, 0.29) is 63.7 Å². The zero-order valence-corrected chi connectivity index (χ0v) is 23.0. The summed E-state index contributed by atoms with van der Waals surface area (Å²) in [6.07, 6.45) is 4.61. The van der Waals surface area contributed by atoms with Gasteiger partial charge in [-0.15, -0.1) is 0 Å². The van der Waals surface area contributed by atoms with E-state index in [1.165, 1.54) is 17.1 Å². The Morgan fingerprint density at radius 3 is 1.65 bits per heavy atom. The maximum atomic E-state index is 12.8. The summed E-state index contributed by atoms with van der Waals surface area (Å²) in [6.45, 7) is 11.2. The Hall–Kier alpha value is -2.79. The van der Waals surface area contributed by atoms with Crippen molar-refractivity contribution >= 4 is 29.7 Å². The van der Waals surface area contributed by atoms with Gasteiger partial charge in [-0.2, -0.15) is 0 Å². The molecule has 0 fully saturated rings. The molecule has 1 aliphatic rings. The van der Waals surface area contributed by atoms with Crippen molar-refractivity contribution in [2.45, 2.75) is 78.4 Å². The van der Waals surface area contributed by atoms with Gasteiger partial charge < -0.3 is 23.8 Å². The molecule has 11 nitrogen and oxygen atoms in total. The van der Waals surface area contributed by atoms with E-state index in [9.17, 15) is 24.0 Å². The lowest BCUT2D eigenvalue weighted by Gasteiger charge is -2.24. The zero-order valence-electron chi connectivity index (χ0n) is 23.0. The van der Waals surface area contributed by atoms with Gasteiger partial charge in [0.1, 0.15) is 24.4 Å². The summed E-state index contributed by atoms with van der Waals surface area (Å²) in [5.74, 6) is -1.74. The fourth-order valence-corrected chi connectivity index (χ4v) is 3.30. The Morgan fingerprint density at radius 2 is 1.22 bits per heavy atom. The van der Waals surface area contributed by atoms with Crippen LogP contribution in [0.4, 0.5) is 0 Å². The van der Waals surface area contributed by atoms with Crippen molar-refractivity contribution in [2.24, 2.45) is 0 Å². The fourth-order valence-electron chi connectivity index (χ4n) is 3.30. The highest BCUT2D eigenvalue weighted by Gasteiger charge is 2.22. The van der Waals surface area contributed by atoms with Crippen molar-refractivity contribution in [2.75, 3.05) is 46.1 Å². The van der Waals surface area contributed by atoms with Gasteiger partial charge in [-0.05, 0) is 54.4 Å². The van der Waals surface area contributed by atoms with E-state index in [1.807, 2.05) is 0 Å². The summed E-state index contributed by atoms with van der Waals surface area (Å²) in [5.41, 5.74) is -1.22. The van der Waals surface area contributed by atoms with Crippen LogP contribution in [0.2, 0.25) is 0 Å². The smallest absolute Gasteiger partial charge is 0.332 e. The number of unbranched alkanes of at least 4 members (excludes halogenated alkanes) is 2. The zero-order chi connectivity index (χ0) is 28.1. The number of hydrogen-bond donors (Lipinski definition) is 0. The van der Waals surface area contributed by atoms with Crippen LogP contribution in [0.5, 0.6) is 0 Å². The molecule has 1 heterocycles. The normalized spacial score (nSPS) is 13.7. The Morgan fingerprint density at radius 1 is 0.757 bits per heavy atom. The molecule has 0 aromatic heterocycles. The third-order valence-electron chi connectivity index (χ3n) is 4.82. The second-order valence-electron chi connectivity index (χ2n) is 10.6. The molecule has 37 heavy (non-hydrogen) atoms. The monoisotopic (exact) mass is 526 g/mol. The van der Waals surface area contributed by atoms with E-state index in [1.54, 1.807) is 46.4 Å². The number of hydrogen-bond acceptors (Lipinski definition) is 9. The minimum Gasteiger partial charge on any atom is -0.458 e. The Kier molecular flexibility index (Phi) is 13.5. The van der Waals surface area contributed by atoms with Crippen molar-refractivity contribution < 1.29 is 42.9 Å². The third kappa shape index (κ3) is 15.1. The lowest BCUT2D eigenvalue weighted by atomic mass is 10.1. The van der Waals surface area contributed by atoms with E-state index in [2.05, 4.69) is 0 Å². The second kappa shape index (κ2) is 15.5. The van der Waals surface area contributed by atoms with E-state index < -0.39 is 23.1 Å². The number of amides is 3. The van der Waals surface area contributed by atoms with Crippen molar-refractivity contribution in [1.82, 2.24) is 9.80 Å². The number of esters is 2. The first kappa shape index (κ1) is 32.2. The molecule has 0 N–H and O–H groups in total. The van der Waals surface area contributed by atoms with E-state index in [4.69, 9.17) is 18.9 Å². The molecule has 1 rings (SSSR count). The quantitative estimate of drug-likeness (QED) is 0.168. The summed E-state index contributed by atoms with van der Waals surface area (Å²) in [4.78, 5) is 62.3. The first-order valence-corrected chi connectivity index (χ1v) is 12.6. The number of ether oxygens (including phenoxy) is 4. The van der Waals surface area contributed by atoms with Gasteiger partial charge in [-0.3, -0.25) is 19.3 Å². The first-order chi connectivity index (χ1) is 17.2. The maximum absolute atomic E-state index is 12.8. The van der Waals surface area contributed by atoms with Crippen molar-refractivity contribution in [3.63, 3.8) is 0 Å². The van der Waals surface area contributed by atoms with Gasteiger partial charge in [-0.1, -0.05) is 6.42 Å². The van der Waals surface area contributed by atoms with Gasteiger partial charge in [0.2, 0.25) is 5.91 Å². The SMILES string of the molecule is CC(C)(C)OC(=O)COCCN(CCOCC(=O)OC(C)(C)C)C(=O)CCCCCN1C(=O)C=CC1=O. The molecular weight excluding hydrogens is 484 g/mol. The topological polar surface area (TPSA) is 129 Å². The van der Waals surface area contributed by atoms with Crippen LogP contribution < -0.4 is 0 Å². The maximum Gasteiger partial charge on any atom is 0.332 e. The molecule has 210 valence electrons. The average molecular weight is 527 g/mol. The van der Waals surface area contributed by atoms with Crippen LogP contribution in [-0.2, 0) is 42.9 Å². The predicted molar refractivity (Wildman–Crippen MR) is 134 cm³/mol. The number of imide groups is 1. The highest BCUT2D eigenvalue weighted by Crippen LogP contribution is 2.10. The summed E-state index contributed by atoms with van der Waals surface area (Å²) in [5, 5.41) is 0. The lowest BCUT2D eigenvalue weighted by Crippen LogP contribution is -2.37. The van der Waals surface area contributed by atoms with Gasteiger partial charge in [0.25, 0.3) is 11.8 Å². The van der Waals surface area contributed by atoms with Gasteiger partial charge in [0.05, 0.1) is 13.2 Å². The van der Waals surface area contributed by atoms with Gasteiger partial charge >= 0.3 is 11.9 Å². The second-order valence-corrected chi connectivity index (χ2v) is 10.6. The molecule has 0 aromatic rings. The van der Waals surface area contributed by atoms with E-state index in [0.717, 1.165) is 0 Å². The van der Waals surface area contributed by atoms with Gasteiger partial charge in [-0.25, -0.2) is 9.59 Å². The molecule has 0 aromatic carbocycles. The standard InChI is InChI=1S/C26H42N2O9/c1-25(2,3)36-23(32)18-34-16-14-27(15-17-35-19-24(33)37-26(4,5)6)20(29)10-8-7-9-13-28-21(30)11-12-22(28)31/h11-12H,7-10,13-19H2,1-6H3. The van der Waals surface area contributed by atoms with Crippen LogP contribution in [0.3, 0.4) is 0 Å². The molecule has 0 atom stereocenters. The molecule has 0 unspecified atom stereocenters. The number of carbonyl (C=O) groups excluding carboxylic acids is 5. The number of rotatable bonds is 16. The minimum absolute atomic E-state index is 0.128. The molecule has 1 aliphatic heterocycles. The summed E-state index contributed by atoms with van der Waals surface area (Å²) in [6, 6.07) is 0. The van der Waals surface area contributed by atoms with Gasteiger partial charge in [0, 0.05) is 38.2 Å². The van der Waals surface area contributed by atoms with Crippen molar-refractivity contribution in [3.05, 3.63) is 12.2 Å². The van der Waals surface area contributed by atoms with Crippen LogP contribution in [-0.4, -0.2) is 96.7 Å². The van der Waals surface area contributed by atoms with Gasteiger partial charge in [0.15, 0.2) is 0 Å². The first-order valence-electron chi connectivity index (χ1n) is 12.6. The minimum atomic E-state index is -0.611. The highest BCUT2D eigenvalue weighted by atomic mass is 16.6. The molecule has 0 radical (unpaired) electrons. The molecule has 0 bridgehead atoms. The average Bonchev–Trinajstić information content (AvgIpc) is 3.07. The van der Waals surface area contributed by atoms with E-state index in [0.29, 0.717) is 25.8 Å². The molecule has 0 saturated carbocycles. The Labute approximate surface area is 219 Å². The van der Waals surface area contributed by atoms with Crippen LogP contribution >= 0.6 is 0 Å². The predicted octanol–water partition coefficient (Wildman–Crippen LogP) is 2.02. The Balaban J connectivity index is 2.44. The van der Waals surface area contributed by atoms with Crippen molar-refractivity contribution in [3.8, 4) is 0 Å². The lowest BCUT2D eigenvalue weighted by molar-refractivity contribution is -0.160. The largest absolute Gasteiger partial charge is 0.458 e. The van der Waals surface area contributed by atoms with Crippen LogP contribution in [0, 0.1) is 0 Å².